The fourth-order valence-electron chi connectivity index (χ4n) is 2.26. The third-order valence-corrected chi connectivity index (χ3v) is 3.65. The molecule has 1 amide bonds. The van der Waals surface area contributed by atoms with Crippen LogP contribution in [0.25, 0.3) is 5.57 Å². The van der Waals surface area contributed by atoms with Crippen LogP contribution in [0.2, 0.25) is 0 Å². The first-order valence-corrected chi connectivity index (χ1v) is 7.97. The number of allylic oxidation sites excluding steroid dienone is 1. The number of ether oxygens (including phenoxy) is 1. The zero-order chi connectivity index (χ0) is 17.2. The smallest absolute Gasteiger partial charge is 0.246 e. The zero-order valence-corrected chi connectivity index (χ0v) is 14.5. The van der Waals surface area contributed by atoms with Crippen molar-refractivity contribution in [2.75, 3.05) is 20.2 Å². The summed E-state index contributed by atoms with van der Waals surface area (Å²) in [7, 11) is 1.62. The molecule has 4 nitrogen and oxygen atoms in total. The summed E-state index contributed by atoms with van der Waals surface area (Å²) < 4.78 is 5.34. The quantitative estimate of drug-likeness (QED) is 0.684. The maximum absolute atomic E-state index is 12.5. The van der Waals surface area contributed by atoms with Gasteiger partial charge in [0.05, 0.1) is 19.6 Å². The molecule has 0 fully saturated rings. The van der Waals surface area contributed by atoms with Crippen LogP contribution in [0, 0.1) is 17.2 Å². The van der Waals surface area contributed by atoms with E-state index in [1.165, 1.54) is 0 Å². The summed E-state index contributed by atoms with van der Waals surface area (Å²) in [5.41, 5.74) is 1.77. The number of hydrogen-bond acceptors (Lipinski definition) is 3. The Hall–Kier alpha value is -2.28. The number of benzene rings is 1. The van der Waals surface area contributed by atoms with Crippen LogP contribution in [-0.2, 0) is 4.79 Å². The van der Waals surface area contributed by atoms with E-state index in [1.54, 1.807) is 18.1 Å². The second-order valence-corrected chi connectivity index (χ2v) is 5.94. The standard InChI is InChI=1S/C19H26N2O2/c1-15(2)10-13-21(12-7-11-20)19(22)14-16(3)17-8-5-6-9-18(17)23-4/h5-6,8-9,14-15H,7,10,12-13H2,1-4H3/b16-14+. The summed E-state index contributed by atoms with van der Waals surface area (Å²) in [6.07, 6.45) is 2.92. The van der Waals surface area contributed by atoms with Crippen LogP contribution in [-0.4, -0.2) is 31.0 Å². The predicted octanol–water partition coefficient (Wildman–Crippen LogP) is 3.89. The highest BCUT2D eigenvalue weighted by Gasteiger charge is 2.13. The number of rotatable bonds is 8. The van der Waals surface area contributed by atoms with Crippen molar-refractivity contribution in [3.8, 4) is 11.8 Å². The van der Waals surface area contributed by atoms with Crippen molar-refractivity contribution in [2.24, 2.45) is 5.92 Å². The Balaban J connectivity index is 2.91. The lowest BCUT2D eigenvalue weighted by Gasteiger charge is -2.21. The Kier molecular flexibility index (Phi) is 7.90. The van der Waals surface area contributed by atoms with Crippen LogP contribution in [0.5, 0.6) is 5.75 Å². The fraction of sp³-hybridized carbons (Fsp3) is 0.474. The molecule has 0 saturated carbocycles. The summed E-state index contributed by atoms with van der Waals surface area (Å²) in [6, 6.07) is 9.75. The number of para-hydroxylation sites is 1. The lowest BCUT2D eigenvalue weighted by atomic mass is 10.1. The van der Waals surface area contributed by atoms with E-state index >= 15 is 0 Å². The van der Waals surface area contributed by atoms with Crippen molar-refractivity contribution in [1.82, 2.24) is 4.90 Å². The van der Waals surface area contributed by atoms with Gasteiger partial charge < -0.3 is 9.64 Å². The number of carbonyl (C=O) groups is 1. The van der Waals surface area contributed by atoms with Gasteiger partial charge in [-0.2, -0.15) is 5.26 Å². The first-order valence-electron chi connectivity index (χ1n) is 7.97. The molecule has 0 spiro atoms. The molecule has 4 heteroatoms. The van der Waals surface area contributed by atoms with Gasteiger partial charge in [0, 0.05) is 24.7 Å². The van der Waals surface area contributed by atoms with E-state index in [0.29, 0.717) is 25.4 Å². The third kappa shape index (κ3) is 6.15. The SMILES string of the molecule is COc1ccccc1/C(C)=C/C(=O)N(CCC#N)CCC(C)C. The van der Waals surface area contributed by atoms with Gasteiger partial charge in [-0.25, -0.2) is 0 Å². The topological polar surface area (TPSA) is 53.3 Å². The molecule has 0 bridgehead atoms. The molecule has 124 valence electrons. The minimum atomic E-state index is -0.0516. The average molecular weight is 314 g/mol. The van der Waals surface area contributed by atoms with Crippen LogP contribution >= 0.6 is 0 Å². The minimum absolute atomic E-state index is 0.0516. The molecule has 0 N–H and O–H groups in total. The van der Waals surface area contributed by atoms with Crippen molar-refractivity contribution in [3.63, 3.8) is 0 Å². The number of hydrogen-bond donors (Lipinski definition) is 0. The lowest BCUT2D eigenvalue weighted by Crippen LogP contribution is -2.32. The Bertz CT molecular complexity index is 585. The largest absolute Gasteiger partial charge is 0.496 e. The molecule has 0 aliphatic carbocycles. The Morgan fingerprint density at radius 1 is 1.35 bits per heavy atom. The molecule has 0 unspecified atom stereocenters. The first-order chi connectivity index (χ1) is 11.0. The Morgan fingerprint density at radius 3 is 2.65 bits per heavy atom. The van der Waals surface area contributed by atoms with E-state index in [0.717, 1.165) is 23.3 Å². The monoisotopic (exact) mass is 314 g/mol. The van der Waals surface area contributed by atoms with Crippen molar-refractivity contribution in [2.45, 2.75) is 33.6 Å². The molecule has 1 aromatic rings. The van der Waals surface area contributed by atoms with Crippen molar-refractivity contribution in [3.05, 3.63) is 35.9 Å². The normalized spacial score (nSPS) is 11.2. The second kappa shape index (κ2) is 9.68. The Labute approximate surface area is 139 Å². The van der Waals surface area contributed by atoms with Crippen molar-refractivity contribution in [1.29, 1.82) is 5.26 Å². The summed E-state index contributed by atoms with van der Waals surface area (Å²) in [4.78, 5) is 14.3. The number of carbonyl (C=O) groups excluding carboxylic acids is 1. The van der Waals surface area contributed by atoms with E-state index in [-0.39, 0.29) is 5.91 Å². The van der Waals surface area contributed by atoms with Gasteiger partial charge >= 0.3 is 0 Å². The molecule has 0 radical (unpaired) electrons. The van der Waals surface area contributed by atoms with Crippen LogP contribution in [0.1, 0.15) is 39.2 Å². The molecule has 0 aliphatic rings. The number of nitriles is 1. The van der Waals surface area contributed by atoms with Gasteiger partial charge in [-0.3, -0.25) is 4.79 Å². The van der Waals surface area contributed by atoms with Crippen molar-refractivity contribution < 1.29 is 9.53 Å². The summed E-state index contributed by atoms with van der Waals surface area (Å²) in [6.45, 7) is 7.30. The van der Waals surface area contributed by atoms with Gasteiger partial charge in [0.15, 0.2) is 0 Å². The van der Waals surface area contributed by atoms with Crippen molar-refractivity contribution >= 4 is 11.5 Å². The maximum Gasteiger partial charge on any atom is 0.246 e. The zero-order valence-electron chi connectivity index (χ0n) is 14.5. The van der Waals surface area contributed by atoms with Gasteiger partial charge in [0.1, 0.15) is 5.75 Å². The molecular weight excluding hydrogens is 288 g/mol. The van der Waals surface area contributed by atoms with Gasteiger partial charge in [0.2, 0.25) is 5.91 Å². The van der Waals surface area contributed by atoms with E-state index in [4.69, 9.17) is 10.00 Å². The minimum Gasteiger partial charge on any atom is -0.496 e. The van der Waals surface area contributed by atoms with Gasteiger partial charge in [0.25, 0.3) is 0 Å². The number of methoxy groups -OCH3 is 1. The van der Waals surface area contributed by atoms with Crippen LogP contribution in [0.3, 0.4) is 0 Å². The van der Waals surface area contributed by atoms with Gasteiger partial charge in [-0.05, 0) is 30.9 Å². The van der Waals surface area contributed by atoms with Crippen LogP contribution in [0.4, 0.5) is 0 Å². The molecule has 0 saturated heterocycles. The molecule has 1 rings (SSSR count). The third-order valence-electron chi connectivity index (χ3n) is 3.65. The summed E-state index contributed by atoms with van der Waals surface area (Å²) >= 11 is 0. The van der Waals surface area contributed by atoms with E-state index < -0.39 is 0 Å². The number of nitrogens with zero attached hydrogens (tertiary/aromatic N) is 2. The average Bonchev–Trinajstić information content (AvgIpc) is 2.54. The molecule has 1 aromatic carbocycles. The molecule has 0 aromatic heterocycles. The summed E-state index contributed by atoms with van der Waals surface area (Å²) in [5, 5.41) is 8.78. The highest BCUT2D eigenvalue weighted by molar-refractivity contribution is 5.95. The van der Waals surface area contributed by atoms with Gasteiger partial charge in [-0.1, -0.05) is 32.0 Å². The van der Waals surface area contributed by atoms with E-state index in [9.17, 15) is 4.79 Å². The van der Waals surface area contributed by atoms with Crippen LogP contribution in [0.15, 0.2) is 30.3 Å². The fourth-order valence-corrected chi connectivity index (χ4v) is 2.26. The maximum atomic E-state index is 12.5. The second-order valence-electron chi connectivity index (χ2n) is 5.94. The lowest BCUT2D eigenvalue weighted by molar-refractivity contribution is -0.126. The highest BCUT2D eigenvalue weighted by Crippen LogP contribution is 2.25. The van der Waals surface area contributed by atoms with Gasteiger partial charge in [-0.15, -0.1) is 0 Å². The highest BCUT2D eigenvalue weighted by atomic mass is 16.5. The van der Waals surface area contributed by atoms with E-state index in [2.05, 4.69) is 19.9 Å². The predicted molar refractivity (Wildman–Crippen MR) is 92.9 cm³/mol. The summed E-state index contributed by atoms with van der Waals surface area (Å²) in [5.74, 6) is 1.22. The first kappa shape index (κ1) is 18.8. The number of amides is 1. The molecule has 23 heavy (non-hydrogen) atoms. The molecule has 0 atom stereocenters. The molecule has 0 heterocycles. The van der Waals surface area contributed by atoms with E-state index in [1.807, 2.05) is 31.2 Å². The Morgan fingerprint density at radius 2 is 2.04 bits per heavy atom. The molecule has 0 aliphatic heterocycles. The molecular formula is C19H26N2O2. The van der Waals surface area contributed by atoms with Crippen LogP contribution < -0.4 is 4.74 Å².